The van der Waals surface area contributed by atoms with Gasteiger partial charge < -0.3 is 4.74 Å². The highest BCUT2D eigenvalue weighted by atomic mass is 35.5. The van der Waals surface area contributed by atoms with Crippen LogP contribution in [0.3, 0.4) is 0 Å². The van der Waals surface area contributed by atoms with Crippen LogP contribution in [0.2, 0.25) is 5.02 Å². The van der Waals surface area contributed by atoms with Crippen molar-refractivity contribution in [2.45, 2.75) is 11.8 Å². The van der Waals surface area contributed by atoms with Crippen molar-refractivity contribution in [3.05, 3.63) is 64.2 Å². The maximum atomic E-state index is 13.9. The fourth-order valence-electron chi connectivity index (χ4n) is 1.95. The number of benzene rings is 2. The average molecular weight is 317 g/mol. The number of halogens is 4. The minimum absolute atomic E-state index is 0.121. The van der Waals surface area contributed by atoms with E-state index in [1.165, 1.54) is 7.11 Å². The molecule has 5 heteroatoms. The SMILES string of the molecule is COc1cc(F)c(C(Cl)Cc2cccc(Cl)c2)c(F)c1. The number of hydrogen-bond acceptors (Lipinski definition) is 1. The van der Waals surface area contributed by atoms with Crippen LogP contribution in [0.4, 0.5) is 8.78 Å². The van der Waals surface area contributed by atoms with Crippen molar-refractivity contribution in [3.63, 3.8) is 0 Å². The molecule has 0 fully saturated rings. The molecule has 0 heterocycles. The van der Waals surface area contributed by atoms with E-state index in [0.29, 0.717) is 5.02 Å². The minimum Gasteiger partial charge on any atom is -0.497 e. The Morgan fingerprint density at radius 2 is 1.80 bits per heavy atom. The third-order valence-electron chi connectivity index (χ3n) is 2.91. The highest BCUT2D eigenvalue weighted by Gasteiger charge is 2.20. The van der Waals surface area contributed by atoms with Crippen LogP contribution in [0, 0.1) is 11.6 Å². The van der Waals surface area contributed by atoms with Gasteiger partial charge in [0.2, 0.25) is 0 Å². The van der Waals surface area contributed by atoms with Crippen LogP contribution in [0.1, 0.15) is 16.5 Å². The highest BCUT2D eigenvalue weighted by Crippen LogP contribution is 2.32. The van der Waals surface area contributed by atoms with Crippen molar-refractivity contribution in [3.8, 4) is 5.75 Å². The molecule has 1 atom stereocenters. The lowest BCUT2D eigenvalue weighted by atomic mass is 10.0. The van der Waals surface area contributed by atoms with Gasteiger partial charge in [0.1, 0.15) is 17.4 Å². The van der Waals surface area contributed by atoms with E-state index in [9.17, 15) is 8.78 Å². The number of alkyl halides is 1. The molecular formula is C15H12Cl2F2O. The summed E-state index contributed by atoms with van der Waals surface area (Å²) in [5.41, 5.74) is 0.652. The Balaban J connectivity index is 2.27. The highest BCUT2D eigenvalue weighted by molar-refractivity contribution is 6.30. The zero-order chi connectivity index (χ0) is 14.7. The summed E-state index contributed by atoms with van der Waals surface area (Å²) in [6.45, 7) is 0. The van der Waals surface area contributed by atoms with Gasteiger partial charge in [-0.3, -0.25) is 0 Å². The zero-order valence-electron chi connectivity index (χ0n) is 10.7. The second kappa shape index (κ2) is 6.42. The molecule has 0 bridgehead atoms. The molecule has 20 heavy (non-hydrogen) atoms. The molecule has 0 saturated heterocycles. The van der Waals surface area contributed by atoms with Gasteiger partial charge in [-0.05, 0) is 24.1 Å². The summed E-state index contributed by atoms with van der Waals surface area (Å²) in [5, 5.41) is -0.263. The van der Waals surface area contributed by atoms with Crippen molar-refractivity contribution in [2.24, 2.45) is 0 Å². The van der Waals surface area contributed by atoms with Crippen LogP contribution < -0.4 is 4.74 Å². The molecule has 2 rings (SSSR count). The molecule has 1 nitrogen and oxygen atoms in total. The molecule has 0 aliphatic carbocycles. The predicted molar refractivity (Wildman–Crippen MR) is 76.7 cm³/mol. The van der Waals surface area contributed by atoms with Gasteiger partial charge in [0.25, 0.3) is 0 Å². The van der Waals surface area contributed by atoms with Crippen LogP contribution in [-0.4, -0.2) is 7.11 Å². The lowest BCUT2D eigenvalue weighted by Gasteiger charge is -2.13. The Hall–Kier alpha value is -1.32. The van der Waals surface area contributed by atoms with E-state index in [2.05, 4.69) is 0 Å². The molecule has 1 unspecified atom stereocenters. The minimum atomic E-state index is -0.820. The number of methoxy groups -OCH3 is 1. The van der Waals surface area contributed by atoms with E-state index in [1.807, 2.05) is 0 Å². The molecule has 0 aliphatic rings. The molecule has 0 N–H and O–H groups in total. The van der Waals surface area contributed by atoms with Crippen LogP contribution in [0.15, 0.2) is 36.4 Å². The topological polar surface area (TPSA) is 9.23 Å². The fraction of sp³-hybridized carbons (Fsp3) is 0.200. The third kappa shape index (κ3) is 3.41. The van der Waals surface area contributed by atoms with E-state index in [-0.39, 0.29) is 17.7 Å². The maximum absolute atomic E-state index is 13.9. The van der Waals surface area contributed by atoms with Crippen LogP contribution >= 0.6 is 23.2 Å². The first-order chi connectivity index (χ1) is 9.51. The lowest BCUT2D eigenvalue weighted by Crippen LogP contribution is -2.03. The smallest absolute Gasteiger partial charge is 0.134 e. The Morgan fingerprint density at radius 3 is 2.35 bits per heavy atom. The number of ether oxygens (including phenoxy) is 1. The molecule has 0 radical (unpaired) electrons. The van der Waals surface area contributed by atoms with Gasteiger partial charge in [-0.15, -0.1) is 11.6 Å². The summed E-state index contributed by atoms with van der Waals surface area (Å²) >= 11 is 12.0. The molecule has 2 aromatic carbocycles. The Labute approximate surface area is 126 Å². The molecule has 2 aromatic rings. The van der Waals surface area contributed by atoms with E-state index in [1.54, 1.807) is 24.3 Å². The van der Waals surface area contributed by atoms with Gasteiger partial charge in [-0.2, -0.15) is 0 Å². The van der Waals surface area contributed by atoms with Gasteiger partial charge >= 0.3 is 0 Å². The van der Waals surface area contributed by atoms with Gasteiger partial charge in [0.15, 0.2) is 0 Å². The Bertz CT molecular complexity index is 594. The van der Waals surface area contributed by atoms with Gasteiger partial charge in [0, 0.05) is 22.7 Å². The van der Waals surface area contributed by atoms with Crippen molar-refractivity contribution in [2.75, 3.05) is 7.11 Å². The van der Waals surface area contributed by atoms with Crippen molar-refractivity contribution < 1.29 is 13.5 Å². The second-order valence-corrected chi connectivity index (χ2v) is 5.27. The summed E-state index contributed by atoms with van der Waals surface area (Å²) in [6.07, 6.45) is 0.280. The maximum Gasteiger partial charge on any atom is 0.134 e. The number of hydrogen-bond donors (Lipinski definition) is 0. The van der Waals surface area contributed by atoms with Gasteiger partial charge in [0.05, 0.1) is 12.5 Å². The molecule has 0 spiro atoms. The second-order valence-electron chi connectivity index (χ2n) is 4.31. The molecule has 106 valence electrons. The van der Waals surface area contributed by atoms with Crippen molar-refractivity contribution in [1.82, 2.24) is 0 Å². The quantitative estimate of drug-likeness (QED) is 0.709. The van der Waals surface area contributed by atoms with Crippen LogP contribution in [-0.2, 0) is 6.42 Å². The van der Waals surface area contributed by atoms with Crippen LogP contribution in [0.25, 0.3) is 0 Å². The molecule has 0 amide bonds. The summed E-state index contributed by atoms with van der Waals surface area (Å²) in [6, 6.07) is 9.25. The zero-order valence-corrected chi connectivity index (χ0v) is 12.2. The van der Waals surface area contributed by atoms with Crippen molar-refractivity contribution >= 4 is 23.2 Å². The van der Waals surface area contributed by atoms with Crippen molar-refractivity contribution in [1.29, 1.82) is 0 Å². The molecule has 0 aromatic heterocycles. The Morgan fingerprint density at radius 1 is 1.15 bits per heavy atom. The summed E-state index contributed by atoms with van der Waals surface area (Å²) in [7, 11) is 1.35. The standard InChI is InChI=1S/C15H12Cl2F2O/c1-20-11-7-13(18)15(14(19)8-11)12(17)6-9-3-2-4-10(16)5-9/h2-5,7-8,12H,6H2,1H3. The molecule has 0 aliphatic heterocycles. The van der Waals surface area contributed by atoms with E-state index in [4.69, 9.17) is 27.9 Å². The number of rotatable bonds is 4. The monoisotopic (exact) mass is 316 g/mol. The predicted octanol–water partition coefficient (Wildman–Crippen LogP) is 5.15. The summed E-state index contributed by atoms with van der Waals surface area (Å²) in [5.74, 6) is -1.32. The normalized spacial score (nSPS) is 12.2. The third-order valence-corrected chi connectivity index (χ3v) is 3.51. The fourth-order valence-corrected chi connectivity index (χ4v) is 2.55. The first kappa shape index (κ1) is 15.1. The summed E-state index contributed by atoms with van der Waals surface area (Å²) in [4.78, 5) is 0. The van der Waals surface area contributed by atoms with Crippen LogP contribution in [0.5, 0.6) is 5.75 Å². The first-order valence-electron chi connectivity index (χ1n) is 5.92. The largest absolute Gasteiger partial charge is 0.497 e. The van der Waals surface area contributed by atoms with E-state index in [0.717, 1.165) is 17.7 Å². The lowest BCUT2D eigenvalue weighted by molar-refractivity contribution is 0.405. The van der Waals surface area contributed by atoms with Gasteiger partial charge in [-0.1, -0.05) is 23.7 Å². The first-order valence-corrected chi connectivity index (χ1v) is 6.74. The van der Waals surface area contributed by atoms with E-state index < -0.39 is 17.0 Å². The van der Waals surface area contributed by atoms with E-state index >= 15 is 0 Å². The molecular weight excluding hydrogens is 305 g/mol. The van der Waals surface area contributed by atoms with Gasteiger partial charge in [-0.25, -0.2) is 8.78 Å². The molecule has 0 saturated carbocycles. The summed E-state index contributed by atoms with van der Waals surface area (Å²) < 4.78 is 32.6. The average Bonchev–Trinajstić information content (AvgIpc) is 2.37. The Kier molecular flexibility index (Phi) is 4.84.